The molecule has 1 atom stereocenters. The number of pyridine rings is 1. The van der Waals surface area contributed by atoms with Crippen LogP contribution in [0.3, 0.4) is 0 Å². The standard InChI is InChI=1S/C20H19F3N8/c1-30-16(5-8-25-30)27-19-24-7-4-15(26-19)13-6-9-31-17(10-13)28-29-18(31)11-14(12-2-3-12)20(21,22)23/h4-10,12,14H,2-3,11H2,1H3,(H,24,26,27)/t14-/m0/s1. The molecule has 0 aliphatic heterocycles. The second kappa shape index (κ2) is 7.33. The zero-order valence-electron chi connectivity index (χ0n) is 16.6. The van der Waals surface area contributed by atoms with E-state index in [0.717, 1.165) is 11.4 Å². The highest BCUT2D eigenvalue weighted by Gasteiger charge is 2.49. The Balaban J connectivity index is 1.41. The lowest BCUT2D eigenvalue weighted by Gasteiger charge is -2.18. The number of alkyl halides is 3. The lowest BCUT2D eigenvalue weighted by Crippen LogP contribution is -2.27. The van der Waals surface area contributed by atoms with Crippen LogP contribution in [-0.2, 0) is 13.5 Å². The largest absolute Gasteiger partial charge is 0.392 e. The number of aromatic nitrogens is 7. The molecule has 160 valence electrons. The van der Waals surface area contributed by atoms with Gasteiger partial charge in [0.2, 0.25) is 5.95 Å². The van der Waals surface area contributed by atoms with E-state index in [4.69, 9.17) is 0 Å². The maximum atomic E-state index is 13.4. The third kappa shape index (κ3) is 3.94. The van der Waals surface area contributed by atoms with E-state index in [9.17, 15) is 13.2 Å². The lowest BCUT2D eigenvalue weighted by molar-refractivity contribution is -0.180. The Hall–Kier alpha value is -3.50. The molecule has 0 amide bonds. The summed E-state index contributed by atoms with van der Waals surface area (Å²) in [6.07, 6.45) is 1.82. The zero-order valence-corrected chi connectivity index (χ0v) is 16.6. The second-order valence-electron chi connectivity index (χ2n) is 7.68. The lowest BCUT2D eigenvalue weighted by atomic mass is 9.98. The molecule has 0 spiro atoms. The minimum atomic E-state index is -4.23. The molecule has 4 heterocycles. The molecule has 8 nitrogen and oxygen atoms in total. The van der Waals surface area contributed by atoms with Gasteiger partial charge in [-0.05, 0) is 37.0 Å². The number of fused-ring (bicyclic) bond motifs is 1. The third-order valence-corrected chi connectivity index (χ3v) is 5.51. The smallest absolute Gasteiger partial charge is 0.309 e. The number of hydrogen-bond donors (Lipinski definition) is 1. The van der Waals surface area contributed by atoms with Gasteiger partial charge in [-0.25, -0.2) is 9.97 Å². The average Bonchev–Trinajstić information content (AvgIpc) is 3.38. The van der Waals surface area contributed by atoms with Crippen LogP contribution < -0.4 is 5.32 Å². The highest BCUT2D eigenvalue weighted by molar-refractivity contribution is 5.65. The van der Waals surface area contributed by atoms with Crippen LogP contribution in [0.1, 0.15) is 18.7 Å². The van der Waals surface area contributed by atoms with Crippen molar-refractivity contribution in [3.8, 4) is 11.3 Å². The van der Waals surface area contributed by atoms with Crippen molar-refractivity contribution in [3.05, 3.63) is 48.7 Å². The van der Waals surface area contributed by atoms with Gasteiger partial charge in [-0.2, -0.15) is 18.3 Å². The Morgan fingerprint density at radius 3 is 2.71 bits per heavy atom. The fourth-order valence-corrected chi connectivity index (χ4v) is 3.67. The van der Waals surface area contributed by atoms with Crippen molar-refractivity contribution in [2.45, 2.75) is 25.4 Å². The van der Waals surface area contributed by atoms with Gasteiger partial charge < -0.3 is 5.32 Å². The predicted molar refractivity (Wildman–Crippen MR) is 106 cm³/mol. The minimum absolute atomic E-state index is 0.166. The summed E-state index contributed by atoms with van der Waals surface area (Å²) in [6, 6.07) is 7.10. The first-order valence-corrected chi connectivity index (χ1v) is 9.87. The number of aryl methyl sites for hydroxylation is 1. The number of nitrogens with one attached hydrogen (secondary N) is 1. The third-order valence-electron chi connectivity index (χ3n) is 5.51. The van der Waals surface area contributed by atoms with Crippen LogP contribution in [0.4, 0.5) is 24.9 Å². The molecule has 1 N–H and O–H groups in total. The van der Waals surface area contributed by atoms with Gasteiger partial charge in [0.25, 0.3) is 0 Å². The van der Waals surface area contributed by atoms with Gasteiger partial charge in [-0.15, -0.1) is 10.2 Å². The van der Waals surface area contributed by atoms with Gasteiger partial charge in [-0.1, -0.05) is 0 Å². The number of nitrogens with zero attached hydrogens (tertiary/aromatic N) is 7. The van der Waals surface area contributed by atoms with Crippen molar-refractivity contribution in [1.82, 2.24) is 34.3 Å². The van der Waals surface area contributed by atoms with Crippen molar-refractivity contribution in [2.24, 2.45) is 18.9 Å². The van der Waals surface area contributed by atoms with Crippen LogP contribution in [0.5, 0.6) is 0 Å². The fraction of sp³-hybridized carbons (Fsp3) is 0.350. The van der Waals surface area contributed by atoms with Crippen LogP contribution >= 0.6 is 0 Å². The van der Waals surface area contributed by atoms with Gasteiger partial charge in [-0.3, -0.25) is 9.08 Å². The molecule has 11 heteroatoms. The van der Waals surface area contributed by atoms with Crippen LogP contribution in [0.15, 0.2) is 42.9 Å². The molecule has 1 aliphatic carbocycles. The number of anilines is 2. The highest BCUT2D eigenvalue weighted by Crippen LogP contribution is 2.46. The SMILES string of the molecule is Cn1nccc1Nc1nccc(-c2ccn3c(C[C@@H](C4CC4)C(F)(F)F)nnc3c2)n1. The molecule has 1 saturated carbocycles. The van der Waals surface area contributed by atoms with Gasteiger partial charge in [0.1, 0.15) is 11.6 Å². The van der Waals surface area contributed by atoms with Crippen molar-refractivity contribution in [3.63, 3.8) is 0 Å². The predicted octanol–water partition coefficient (Wildman–Crippen LogP) is 3.79. The van der Waals surface area contributed by atoms with Crippen LogP contribution in [0, 0.1) is 11.8 Å². The summed E-state index contributed by atoms with van der Waals surface area (Å²) in [5.41, 5.74) is 1.89. The normalized spacial score (nSPS) is 15.4. The quantitative estimate of drug-likeness (QED) is 0.503. The minimum Gasteiger partial charge on any atom is -0.309 e. The Labute approximate surface area is 175 Å². The van der Waals surface area contributed by atoms with Crippen molar-refractivity contribution in [1.29, 1.82) is 0 Å². The van der Waals surface area contributed by atoms with Crippen LogP contribution in [-0.4, -0.2) is 40.5 Å². The number of hydrogen-bond acceptors (Lipinski definition) is 6. The number of halogens is 3. The van der Waals surface area contributed by atoms with Gasteiger partial charge in [0.15, 0.2) is 5.65 Å². The van der Waals surface area contributed by atoms with E-state index in [1.807, 2.05) is 0 Å². The molecule has 0 aromatic carbocycles. The topological polar surface area (TPSA) is 85.8 Å². The van der Waals surface area contributed by atoms with E-state index in [-0.39, 0.29) is 12.3 Å². The Kier molecular flexibility index (Phi) is 4.60. The fourth-order valence-electron chi connectivity index (χ4n) is 3.67. The molecule has 0 bridgehead atoms. The van der Waals surface area contributed by atoms with E-state index in [1.54, 1.807) is 59.0 Å². The summed E-state index contributed by atoms with van der Waals surface area (Å²) in [7, 11) is 1.80. The molecule has 4 aromatic heterocycles. The molecule has 4 aromatic rings. The average molecular weight is 428 g/mol. The van der Waals surface area contributed by atoms with Gasteiger partial charge >= 0.3 is 6.18 Å². The Bertz CT molecular complexity index is 1220. The molecule has 0 radical (unpaired) electrons. The van der Waals surface area contributed by atoms with Gasteiger partial charge in [0, 0.05) is 37.5 Å². The molecular weight excluding hydrogens is 409 g/mol. The first-order valence-electron chi connectivity index (χ1n) is 9.87. The second-order valence-corrected chi connectivity index (χ2v) is 7.68. The summed E-state index contributed by atoms with van der Waals surface area (Å²) in [5, 5.41) is 15.3. The summed E-state index contributed by atoms with van der Waals surface area (Å²) < 4.78 is 43.5. The monoisotopic (exact) mass is 428 g/mol. The van der Waals surface area contributed by atoms with E-state index in [0.29, 0.717) is 36.0 Å². The van der Waals surface area contributed by atoms with Crippen molar-refractivity contribution >= 4 is 17.4 Å². The van der Waals surface area contributed by atoms with E-state index < -0.39 is 12.1 Å². The van der Waals surface area contributed by atoms with Crippen molar-refractivity contribution < 1.29 is 13.2 Å². The Morgan fingerprint density at radius 2 is 2.00 bits per heavy atom. The van der Waals surface area contributed by atoms with E-state index in [2.05, 4.69) is 30.6 Å². The molecule has 0 saturated heterocycles. The molecule has 1 fully saturated rings. The molecule has 31 heavy (non-hydrogen) atoms. The summed E-state index contributed by atoms with van der Waals surface area (Å²) >= 11 is 0. The van der Waals surface area contributed by atoms with Crippen molar-refractivity contribution in [2.75, 3.05) is 5.32 Å². The number of rotatable bonds is 6. The van der Waals surface area contributed by atoms with Crippen LogP contribution in [0.25, 0.3) is 16.9 Å². The highest BCUT2D eigenvalue weighted by atomic mass is 19.4. The first-order chi connectivity index (χ1) is 14.9. The summed E-state index contributed by atoms with van der Waals surface area (Å²) in [5.74, 6) is -0.220. The molecular formula is C20H19F3N8. The maximum absolute atomic E-state index is 13.4. The molecule has 5 rings (SSSR count). The van der Waals surface area contributed by atoms with Gasteiger partial charge in [0.05, 0.1) is 17.8 Å². The van der Waals surface area contributed by atoms with E-state index in [1.165, 1.54) is 0 Å². The maximum Gasteiger partial charge on any atom is 0.392 e. The van der Waals surface area contributed by atoms with Crippen LogP contribution in [0.2, 0.25) is 0 Å². The summed E-state index contributed by atoms with van der Waals surface area (Å²) in [6.45, 7) is 0. The molecule has 0 unspecified atom stereocenters. The first kappa shape index (κ1) is 19.5. The summed E-state index contributed by atoms with van der Waals surface area (Å²) in [4.78, 5) is 8.74. The Morgan fingerprint density at radius 1 is 1.16 bits per heavy atom. The van der Waals surface area contributed by atoms with E-state index >= 15 is 0 Å². The zero-order chi connectivity index (χ0) is 21.6. The molecule has 1 aliphatic rings.